The van der Waals surface area contributed by atoms with Gasteiger partial charge in [-0.05, 0) is 13.0 Å². The van der Waals surface area contributed by atoms with Crippen LogP contribution < -0.4 is 19.5 Å². The molecule has 0 aliphatic carbocycles. The largest absolute Gasteiger partial charge is 0.496 e. The molecule has 0 radical (unpaired) electrons. The Balaban J connectivity index is 2.18. The normalized spacial score (nSPS) is 11.2. The number of anilines is 1. The number of nitrogens with zero attached hydrogens (tertiary/aromatic N) is 1. The van der Waals surface area contributed by atoms with Crippen molar-refractivity contribution in [1.82, 2.24) is 0 Å². The molecule has 0 aromatic heterocycles. The van der Waals surface area contributed by atoms with Crippen molar-refractivity contribution in [2.45, 2.75) is 13.0 Å². The zero-order valence-corrected chi connectivity index (χ0v) is 16.3. The predicted octanol–water partition coefficient (Wildman–Crippen LogP) is 2.80. The summed E-state index contributed by atoms with van der Waals surface area (Å²) in [5, 5.41) is 13.4. The lowest BCUT2D eigenvalue weighted by Crippen LogP contribution is -2.30. The molecule has 10 nitrogen and oxygen atoms in total. The second kappa shape index (κ2) is 9.40. The molecule has 1 amide bonds. The average Bonchev–Trinajstić information content (AvgIpc) is 2.72. The maximum Gasteiger partial charge on any atom is 0.342 e. The van der Waals surface area contributed by atoms with Gasteiger partial charge in [-0.15, -0.1) is 0 Å². The number of nitro benzene ring substituents is 1. The van der Waals surface area contributed by atoms with Gasteiger partial charge in [-0.3, -0.25) is 14.9 Å². The van der Waals surface area contributed by atoms with Gasteiger partial charge in [0.15, 0.2) is 17.6 Å². The monoisotopic (exact) mass is 404 g/mol. The summed E-state index contributed by atoms with van der Waals surface area (Å²) in [5.41, 5.74) is -0.259. The van der Waals surface area contributed by atoms with Crippen LogP contribution in [0.1, 0.15) is 17.3 Å². The van der Waals surface area contributed by atoms with E-state index in [4.69, 9.17) is 18.9 Å². The molecule has 2 rings (SSSR count). The number of carbonyl (C=O) groups is 2. The number of rotatable bonds is 8. The Morgan fingerprint density at radius 1 is 1.00 bits per heavy atom. The SMILES string of the molecule is COc1cc(OC)c(C(=O)OC(C)C(=O)Nc2ccccc2[N+](=O)[O-])cc1OC. The summed E-state index contributed by atoms with van der Waals surface area (Å²) in [6.07, 6.45) is -1.24. The standard InChI is InChI=1S/C19H20N2O8/c1-11(18(22)20-13-7-5-6-8-14(13)21(24)25)29-19(23)12-9-16(27-3)17(28-4)10-15(12)26-2/h5-11H,1-4H3,(H,20,22). The van der Waals surface area contributed by atoms with Gasteiger partial charge in [-0.2, -0.15) is 0 Å². The molecule has 2 aromatic rings. The summed E-state index contributed by atoms with van der Waals surface area (Å²) < 4.78 is 20.7. The highest BCUT2D eigenvalue weighted by molar-refractivity contribution is 5.99. The zero-order valence-electron chi connectivity index (χ0n) is 16.3. The minimum atomic E-state index is -1.24. The molecule has 0 bridgehead atoms. The molecule has 1 N–H and O–H groups in total. The van der Waals surface area contributed by atoms with Crippen molar-refractivity contribution in [2.75, 3.05) is 26.6 Å². The van der Waals surface area contributed by atoms with Crippen LogP contribution in [0.2, 0.25) is 0 Å². The smallest absolute Gasteiger partial charge is 0.342 e. The lowest BCUT2D eigenvalue weighted by Gasteiger charge is -2.16. The van der Waals surface area contributed by atoms with Gasteiger partial charge in [0.05, 0.1) is 26.3 Å². The third kappa shape index (κ3) is 4.92. The summed E-state index contributed by atoms with van der Waals surface area (Å²) in [4.78, 5) is 35.3. The molecule has 0 saturated carbocycles. The average molecular weight is 404 g/mol. The van der Waals surface area contributed by atoms with Gasteiger partial charge in [-0.25, -0.2) is 4.79 Å². The molecule has 1 unspecified atom stereocenters. The molecule has 0 spiro atoms. The van der Waals surface area contributed by atoms with Crippen LogP contribution in [-0.2, 0) is 9.53 Å². The lowest BCUT2D eigenvalue weighted by atomic mass is 10.1. The topological polar surface area (TPSA) is 126 Å². The second-order valence-corrected chi connectivity index (χ2v) is 5.72. The first-order valence-corrected chi connectivity index (χ1v) is 8.37. The Morgan fingerprint density at radius 3 is 2.17 bits per heavy atom. The van der Waals surface area contributed by atoms with E-state index in [1.54, 1.807) is 0 Å². The fraction of sp³-hybridized carbons (Fsp3) is 0.263. The van der Waals surface area contributed by atoms with Crippen LogP contribution in [0.3, 0.4) is 0 Å². The molecular formula is C19H20N2O8. The van der Waals surface area contributed by atoms with Crippen molar-refractivity contribution in [3.8, 4) is 17.2 Å². The summed E-state index contributed by atoms with van der Waals surface area (Å²) in [5.74, 6) is -0.778. The van der Waals surface area contributed by atoms with Crippen molar-refractivity contribution in [3.63, 3.8) is 0 Å². The number of ether oxygens (including phenoxy) is 4. The van der Waals surface area contributed by atoms with Crippen molar-refractivity contribution in [2.24, 2.45) is 0 Å². The molecule has 0 aliphatic rings. The highest BCUT2D eigenvalue weighted by atomic mass is 16.6. The number of esters is 1. The fourth-order valence-corrected chi connectivity index (χ4v) is 2.44. The molecule has 10 heteroatoms. The van der Waals surface area contributed by atoms with Crippen LogP contribution in [0.15, 0.2) is 36.4 Å². The predicted molar refractivity (Wildman–Crippen MR) is 103 cm³/mol. The van der Waals surface area contributed by atoms with Crippen molar-refractivity contribution in [1.29, 1.82) is 0 Å². The van der Waals surface area contributed by atoms with E-state index in [0.717, 1.165) is 0 Å². The van der Waals surface area contributed by atoms with E-state index in [1.165, 1.54) is 64.7 Å². The summed E-state index contributed by atoms with van der Waals surface area (Å²) in [7, 11) is 4.20. The number of nitrogens with one attached hydrogen (secondary N) is 1. The van der Waals surface area contributed by atoms with Crippen molar-refractivity contribution >= 4 is 23.3 Å². The zero-order chi connectivity index (χ0) is 21.6. The van der Waals surface area contributed by atoms with E-state index in [9.17, 15) is 19.7 Å². The number of para-hydroxylation sites is 2. The molecular weight excluding hydrogens is 384 g/mol. The molecule has 0 heterocycles. The van der Waals surface area contributed by atoms with Gasteiger partial charge in [0.1, 0.15) is 17.0 Å². The van der Waals surface area contributed by atoms with Crippen LogP contribution in [0.4, 0.5) is 11.4 Å². The van der Waals surface area contributed by atoms with E-state index in [-0.39, 0.29) is 28.4 Å². The molecule has 154 valence electrons. The first-order valence-electron chi connectivity index (χ1n) is 8.37. The Bertz CT molecular complexity index is 928. The van der Waals surface area contributed by atoms with E-state index in [2.05, 4.69) is 5.32 Å². The van der Waals surface area contributed by atoms with Gasteiger partial charge in [0.2, 0.25) is 0 Å². The summed E-state index contributed by atoms with van der Waals surface area (Å²) in [6.45, 7) is 1.34. The number of benzene rings is 2. The highest BCUT2D eigenvalue weighted by Gasteiger charge is 2.25. The Hall–Kier alpha value is -3.82. The first kappa shape index (κ1) is 21.5. The third-order valence-corrected chi connectivity index (χ3v) is 3.94. The minimum absolute atomic E-state index is 0.00547. The van der Waals surface area contributed by atoms with Gasteiger partial charge in [-0.1, -0.05) is 12.1 Å². The lowest BCUT2D eigenvalue weighted by molar-refractivity contribution is -0.383. The Morgan fingerprint density at radius 2 is 1.59 bits per heavy atom. The van der Waals surface area contributed by atoms with Gasteiger partial charge < -0.3 is 24.3 Å². The molecule has 29 heavy (non-hydrogen) atoms. The van der Waals surface area contributed by atoms with Gasteiger partial charge in [0.25, 0.3) is 11.6 Å². The maximum atomic E-state index is 12.5. The van der Waals surface area contributed by atoms with E-state index in [0.29, 0.717) is 5.75 Å². The fourth-order valence-electron chi connectivity index (χ4n) is 2.44. The van der Waals surface area contributed by atoms with Crippen LogP contribution >= 0.6 is 0 Å². The van der Waals surface area contributed by atoms with Crippen LogP contribution in [0, 0.1) is 10.1 Å². The van der Waals surface area contributed by atoms with Crippen LogP contribution in [-0.4, -0.2) is 44.2 Å². The number of nitro groups is 1. The quantitative estimate of drug-likeness (QED) is 0.404. The minimum Gasteiger partial charge on any atom is -0.496 e. The van der Waals surface area contributed by atoms with Crippen molar-refractivity contribution < 1.29 is 33.5 Å². The van der Waals surface area contributed by atoms with Crippen LogP contribution in [0.25, 0.3) is 0 Å². The molecule has 2 aromatic carbocycles. The molecule has 1 atom stereocenters. The van der Waals surface area contributed by atoms with Crippen LogP contribution in [0.5, 0.6) is 17.2 Å². The Labute approximate surface area is 166 Å². The van der Waals surface area contributed by atoms with E-state index in [1.807, 2.05) is 0 Å². The number of amides is 1. The molecule has 0 fully saturated rings. The summed E-state index contributed by atoms with van der Waals surface area (Å²) in [6, 6.07) is 8.46. The van der Waals surface area contributed by atoms with Crippen molar-refractivity contribution in [3.05, 3.63) is 52.1 Å². The third-order valence-electron chi connectivity index (χ3n) is 3.94. The first-order chi connectivity index (χ1) is 13.8. The highest BCUT2D eigenvalue weighted by Crippen LogP contribution is 2.35. The number of hydrogen-bond donors (Lipinski definition) is 1. The van der Waals surface area contributed by atoms with E-state index >= 15 is 0 Å². The van der Waals surface area contributed by atoms with Gasteiger partial charge >= 0.3 is 5.97 Å². The molecule has 0 aliphatic heterocycles. The number of methoxy groups -OCH3 is 3. The second-order valence-electron chi connectivity index (χ2n) is 5.72. The van der Waals surface area contributed by atoms with E-state index < -0.39 is 22.9 Å². The summed E-state index contributed by atoms with van der Waals surface area (Å²) >= 11 is 0. The van der Waals surface area contributed by atoms with Gasteiger partial charge in [0, 0.05) is 18.2 Å². The molecule has 0 saturated heterocycles. The Kier molecular flexibility index (Phi) is 6.96. The number of carbonyl (C=O) groups excluding carboxylic acids is 2. The maximum absolute atomic E-state index is 12.5. The number of hydrogen-bond acceptors (Lipinski definition) is 8.